The van der Waals surface area contributed by atoms with E-state index in [1.165, 1.54) is 6.33 Å². The van der Waals surface area contributed by atoms with Crippen molar-refractivity contribution < 1.29 is 9.53 Å². The Hall–Kier alpha value is -3.35. The van der Waals surface area contributed by atoms with Crippen LogP contribution in [-0.4, -0.2) is 79.9 Å². The molecule has 5 N–H and O–H groups in total. The number of amides is 1. The van der Waals surface area contributed by atoms with Crippen LogP contribution in [0.2, 0.25) is 10.0 Å². The highest BCUT2D eigenvalue weighted by Gasteiger charge is 2.26. The minimum Gasteiger partial charge on any atom is -0.444 e. The lowest BCUT2D eigenvalue weighted by atomic mass is 10.1. The molecule has 0 aromatic carbocycles. The number of ether oxygens (including phenoxy) is 1. The van der Waals surface area contributed by atoms with Crippen molar-refractivity contribution in [2.45, 2.75) is 64.1 Å². The van der Waals surface area contributed by atoms with Crippen LogP contribution in [0, 0.1) is 0 Å². The predicted octanol–water partition coefficient (Wildman–Crippen LogP) is 4.64. The molecule has 6 rings (SSSR count). The number of carbonyl (C=O) groups is 1. The van der Waals surface area contributed by atoms with Gasteiger partial charge in [0.2, 0.25) is 0 Å². The fraction of sp³-hybridized carbons (Fsp3) is 0.519. The molecule has 0 aliphatic carbocycles. The Labute approximate surface area is 248 Å². The molecule has 0 atom stereocenters. The lowest BCUT2D eigenvalue weighted by Gasteiger charge is -2.33. The highest BCUT2D eigenvalue weighted by Crippen LogP contribution is 2.32. The third-order valence-corrected chi connectivity index (χ3v) is 7.75. The van der Waals surface area contributed by atoms with Crippen molar-refractivity contribution in [1.29, 1.82) is 0 Å². The molecule has 0 radical (unpaired) electrons. The van der Waals surface area contributed by atoms with E-state index in [1.807, 2.05) is 20.8 Å². The zero-order chi connectivity index (χ0) is 29.1. The highest BCUT2D eigenvalue weighted by molar-refractivity contribution is 6.36. The van der Waals surface area contributed by atoms with E-state index in [1.54, 1.807) is 18.7 Å². The number of nitrogens with zero attached hydrogens (tertiary/aromatic N) is 6. The van der Waals surface area contributed by atoms with E-state index in [0.29, 0.717) is 16.1 Å². The van der Waals surface area contributed by atoms with Crippen molar-refractivity contribution in [3.8, 4) is 0 Å². The Kier molecular flexibility index (Phi) is 8.71. The number of anilines is 2. The van der Waals surface area contributed by atoms with Gasteiger partial charge in [0.05, 0.1) is 20.8 Å². The monoisotopic (exact) mass is 602 g/mol. The molecule has 220 valence electrons. The molecular formula is C27H36Cl2N10O2. The van der Waals surface area contributed by atoms with Gasteiger partial charge in [0.15, 0.2) is 0 Å². The van der Waals surface area contributed by atoms with Crippen LogP contribution in [0.4, 0.5) is 16.4 Å². The maximum Gasteiger partial charge on any atom is 0.407 e. The summed E-state index contributed by atoms with van der Waals surface area (Å²) in [6.45, 7) is 8.99. The number of nitrogens with one attached hydrogen (secondary N) is 3. The van der Waals surface area contributed by atoms with Crippen molar-refractivity contribution in [3.63, 3.8) is 0 Å². The highest BCUT2D eigenvalue weighted by atomic mass is 35.5. The van der Waals surface area contributed by atoms with Gasteiger partial charge in [-0.1, -0.05) is 23.2 Å². The first-order chi connectivity index (χ1) is 19.6. The van der Waals surface area contributed by atoms with Gasteiger partial charge in [0.1, 0.15) is 41.2 Å². The largest absolute Gasteiger partial charge is 0.444 e. The lowest BCUT2D eigenvalue weighted by Crippen LogP contribution is -2.46. The third kappa shape index (κ3) is 6.94. The summed E-state index contributed by atoms with van der Waals surface area (Å²) in [4.78, 5) is 39.5. The summed E-state index contributed by atoms with van der Waals surface area (Å²) in [6, 6.07) is 0.417. The molecular weight excluding hydrogens is 567 g/mol. The fourth-order valence-corrected chi connectivity index (χ4v) is 5.58. The Morgan fingerprint density at radius 3 is 1.80 bits per heavy atom. The maximum absolute atomic E-state index is 11.9. The Morgan fingerprint density at radius 1 is 0.878 bits per heavy atom. The van der Waals surface area contributed by atoms with Gasteiger partial charge in [0, 0.05) is 50.7 Å². The number of aromatic nitrogens is 6. The zero-order valence-corrected chi connectivity index (χ0v) is 25.0. The van der Waals surface area contributed by atoms with E-state index in [2.05, 4.69) is 45.0 Å². The number of halogens is 2. The first-order valence-corrected chi connectivity index (χ1v) is 14.5. The summed E-state index contributed by atoms with van der Waals surface area (Å²) in [5, 5.41) is 5.98. The normalized spacial score (nSPS) is 17.0. The molecule has 41 heavy (non-hydrogen) atoms. The van der Waals surface area contributed by atoms with E-state index in [0.717, 1.165) is 85.6 Å². The summed E-state index contributed by atoms with van der Waals surface area (Å²) in [5.74, 6) is 1.75. The smallest absolute Gasteiger partial charge is 0.407 e. The maximum atomic E-state index is 11.9. The van der Waals surface area contributed by atoms with Crippen LogP contribution in [0.25, 0.3) is 22.1 Å². The Balaban J connectivity index is 0.000000174. The lowest BCUT2D eigenvalue weighted by molar-refractivity contribution is 0.0497. The van der Waals surface area contributed by atoms with Crippen LogP contribution in [-0.2, 0) is 4.74 Å². The minimum atomic E-state index is -0.484. The number of hydrogen-bond donors (Lipinski definition) is 4. The molecule has 1 amide bonds. The van der Waals surface area contributed by atoms with Gasteiger partial charge in [-0.2, -0.15) is 0 Å². The average Bonchev–Trinajstić information content (AvgIpc) is 3.51. The molecule has 14 heteroatoms. The van der Waals surface area contributed by atoms with Crippen LogP contribution in [0.5, 0.6) is 0 Å². The molecule has 0 bridgehead atoms. The molecule has 12 nitrogen and oxygen atoms in total. The number of piperidine rings is 2. The summed E-state index contributed by atoms with van der Waals surface area (Å²) in [6.07, 6.45) is 9.86. The molecule has 2 saturated heterocycles. The van der Waals surface area contributed by atoms with Gasteiger partial charge in [-0.25, -0.2) is 24.7 Å². The molecule has 2 aliphatic rings. The second kappa shape index (κ2) is 12.3. The molecule has 0 unspecified atom stereocenters. The van der Waals surface area contributed by atoms with Crippen LogP contribution in [0.1, 0.15) is 46.5 Å². The molecule has 0 saturated carbocycles. The summed E-state index contributed by atoms with van der Waals surface area (Å²) in [5.41, 5.74) is 6.94. The van der Waals surface area contributed by atoms with Crippen LogP contribution in [0.3, 0.4) is 0 Å². The Morgan fingerprint density at radius 2 is 1.34 bits per heavy atom. The van der Waals surface area contributed by atoms with Gasteiger partial charge in [0.25, 0.3) is 0 Å². The minimum absolute atomic E-state index is 0.107. The average molecular weight is 604 g/mol. The molecule has 2 aliphatic heterocycles. The molecule has 4 aromatic rings. The zero-order valence-electron chi connectivity index (χ0n) is 23.5. The van der Waals surface area contributed by atoms with Gasteiger partial charge >= 0.3 is 6.09 Å². The van der Waals surface area contributed by atoms with Crippen molar-refractivity contribution >= 4 is 63.0 Å². The van der Waals surface area contributed by atoms with E-state index in [-0.39, 0.29) is 12.1 Å². The number of aromatic amines is 2. The standard InChI is InChI=1S/C16H22ClN5O2.C11H14ClN5/c1-16(2,3)24-15(23)21-10-4-6-22(7-5-10)14-12-11(17)8-18-13(12)19-9-20-14;12-8-5-14-10-9(8)11(16-6-15-10)17-3-1-7(13)2-4-17/h8-10H,4-7H2,1-3H3,(H,21,23)(H,18,19,20);5-7H,1-4,13H2,(H,14,15,16). The van der Waals surface area contributed by atoms with Crippen molar-refractivity contribution in [2.24, 2.45) is 5.73 Å². The number of carbonyl (C=O) groups excluding carboxylic acids is 1. The summed E-state index contributed by atoms with van der Waals surface area (Å²) < 4.78 is 5.31. The SMILES string of the molecule is CC(C)(C)OC(=O)NC1CCN(c2ncnc3[nH]cc(Cl)c23)CC1.NC1CCN(c2ncnc3[nH]cc(Cl)c23)CC1. The van der Waals surface area contributed by atoms with E-state index in [4.69, 9.17) is 33.7 Å². The second-order valence-corrected chi connectivity index (χ2v) is 12.2. The van der Waals surface area contributed by atoms with Crippen molar-refractivity contribution in [2.75, 3.05) is 36.0 Å². The van der Waals surface area contributed by atoms with Crippen LogP contribution < -0.4 is 20.9 Å². The van der Waals surface area contributed by atoms with Crippen LogP contribution in [0.15, 0.2) is 25.0 Å². The molecule has 2 fully saturated rings. The predicted molar refractivity (Wildman–Crippen MR) is 162 cm³/mol. The van der Waals surface area contributed by atoms with Gasteiger partial charge in [-0.3, -0.25) is 0 Å². The number of nitrogens with two attached hydrogens (primary N) is 1. The van der Waals surface area contributed by atoms with E-state index in [9.17, 15) is 4.79 Å². The Bertz CT molecular complexity index is 1480. The number of rotatable bonds is 3. The third-order valence-electron chi connectivity index (χ3n) is 7.16. The van der Waals surface area contributed by atoms with E-state index >= 15 is 0 Å². The van der Waals surface area contributed by atoms with Gasteiger partial charge in [-0.05, 0) is 46.5 Å². The fourth-order valence-electron chi connectivity index (χ4n) is 5.12. The number of alkyl carbamates (subject to hydrolysis) is 1. The molecule has 0 spiro atoms. The summed E-state index contributed by atoms with van der Waals surface area (Å²) in [7, 11) is 0. The second-order valence-electron chi connectivity index (χ2n) is 11.3. The summed E-state index contributed by atoms with van der Waals surface area (Å²) >= 11 is 12.4. The van der Waals surface area contributed by atoms with Crippen molar-refractivity contribution in [1.82, 2.24) is 35.2 Å². The first kappa shape index (κ1) is 29.2. The number of hydrogen-bond acceptors (Lipinski definition) is 9. The van der Waals surface area contributed by atoms with Gasteiger partial charge < -0.3 is 35.6 Å². The number of H-pyrrole nitrogens is 2. The molecule has 6 heterocycles. The van der Waals surface area contributed by atoms with E-state index < -0.39 is 5.60 Å². The van der Waals surface area contributed by atoms with Crippen molar-refractivity contribution in [3.05, 3.63) is 35.1 Å². The quantitative estimate of drug-likeness (QED) is 0.262. The van der Waals surface area contributed by atoms with Crippen LogP contribution >= 0.6 is 23.2 Å². The first-order valence-electron chi connectivity index (χ1n) is 13.8. The topological polar surface area (TPSA) is 154 Å². The van der Waals surface area contributed by atoms with Gasteiger partial charge in [-0.15, -0.1) is 0 Å². The number of fused-ring (bicyclic) bond motifs is 2. The molecule has 4 aromatic heterocycles.